The number of guanidine groups is 1. The molecule has 7 heteroatoms. The topological polar surface area (TPSA) is 60.8 Å². The van der Waals surface area contributed by atoms with Crippen LogP contribution < -0.4 is 5.32 Å². The molecule has 0 saturated carbocycles. The molecule has 2 heterocycles. The summed E-state index contributed by atoms with van der Waals surface area (Å²) in [4.78, 5) is 25.2. The number of rotatable bonds is 4. The van der Waals surface area contributed by atoms with E-state index in [2.05, 4.69) is 54.8 Å². The number of aryl methyl sites for hydroxylation is 1. The normalized spacial score (nSPS) is 17.3. The summed E-state index contributed by atoms with van der Waals surface area (Å²) in [5, 5.41) is 3.40. The molecule has 0 spiro atoms. The molecule has 1 fully saturated rings. The molecule has 0 atom stereocenters. The van der Waals surface area contributed by atoms with Crippen LogP contribution in [0.3, 0.4) is 0 Å². The molecule has 1 amide bonds. The molecule has 0 aromatic carbocycles. The van der Waals surface area contributed by atoms with Gasteiger partial charge in [-0.25, -0.2) is 0 Å². The van der Waals surface area contributed by atoms with E-state index in [1.54, 1.807) is 7.05 Å². The van der Waals surface area contributed by atoms with Crippen LogP contribution in [-0.2, 0) is 11.2 Å². The third-order valence-corrected chi connectivity index (χ3v) is 4.67. The summed E-state index contributed by atoms with van der Waals surface area (Å²) in [7, 11) is 1.77. The van der Waals surface area contributed by atoms with Crippen molar-refractivity contribution in [2.24, 2.45) is 4.99 Å². The SMILES string of the molecule is CN=C(NCCc1ccncc1C)N1CC(=O)N(C(C)C)C(C)(C)C1.I. The standard InChI is InChI=1S/C19H31N5O.HI/c1-14(2)24-17(25)12-23(13-19(24,4)5)18(20-6)22-10-8-16-7-9-21-11-15(16)3;/h7,9,11,14H,8,10,12-13H2,1-6H3,(H,20,22);1H. The quantitative estimate of drug-likeness (QED) is 0.415. The smallest absolute Gasteiger partial charge is 0.242 e. The summed E-state index contributed by atoms with van der Waals surface area (Å²) in [6, 6.07) is 2.25. The Hall–Kier alpha value is -1.38. The number of carbonyl (C=O) groups is 1. The lowest BCUT2D eigenvalue weighted by Crippen LogP contribution is -2.66. The molecule has 1 aromatic heterocycles. The fraction of sp³-hybridized carbons (Fsp3) is 0.632. The minimum Gasteiger partial charge on any atom is -0.356 e. The van der Waals surface area contributed by atoms with Gasteiger partial charge in [0.25, 0.3) is 0 Å². The maximum atomic E-state index is 12.6. The maximum Gasteiger partial charge on any atom is 0.242 e. The Balaban J connectivity index is 0.00000338. The summed E-state index contributed by atoms with van der Waals surface area (Å²) in [6.07, 6.45) is 4.61. The second-order valence-electron chi connectivity index (χ2n) is 7.55. The van der Waals surface area contributed by atoms with E-state index in [1.807, 2.05) is 23.4 Å². The first-order chi connectivity index (χ1) is 11.8. The number of halogens is 1. The highest BCUT2D eigenvalue weighted by Gasteiger charge is 2.40. The van der Waals surface area contributed by atoms with Crippen LogP contribution in [0.2, 0.25) is 0 Å². The summed E-state index contributed by atoms with van der Waals surface area (Å²) in [5.74, 6) is 0.940. The summed E-state index contributed by atoms with van der Waals surface area (Å²) < 4.78 is 0. The Labute approximate surface area is 174 Å². The first-order valence-corrected chi connectivity index (χ1v) is 8.93. The molecule has 1 aliphatic rings. The number of piperazine rings is 1. The number of nitrogens with zero attached hydrogens (tertiary/aromatic N) is 4. The number of pyridine rings is 1. The Morgan fingerprint density at radius 1 is 1.42 bits per heavy atom. The lowest BCUT2D eigenvalue weighted by molar-refractivity contribution is -0.145. The van der Waals surface area contributed by atoms with Crippen molar-refractivity contribution in [3.05, 3.63) is 29.6 Å². The Bertz CT molecular complexity index is 645. The maximum absolute atomic E-state index is 12.6. The predicted molar refractivity (Wildman–Crippen MR) is 117 cm³/mol. The number of aliphatic imine (C=N–C) groups is 1. The van der Waals surface area contributed by atoms with Crippen LogP contribution in [0.5, 0.6) is 0 Å². The third kappa shape index (κ3) is 5.31. The molecule has 1 aliphatic heterocycles. The van der Waals surface area contributed by atoms with E-state index in [0.29, 0.717) is 6.54 Å². The van der Waals surface area contributed by atoms with Gasteiger partial charge < -0.3 is 15.1 Å². The van der Waals surface area contributed by atoms with Gasteiger partial charge in [-0.15, -0.1) is 24.0 Å². The van der Waals surface area contributed by atoms with Crippen molar-refractivity contribution >= 4 is 35.8 Å². The van der Waals surface area contributed by atoms with Crippen molar-refractivity contribution in [1.29, 1.82) is 0 Å². The van der Waals surface area contributed by atoms with E-state index >= 15 is 0 Å². The van der Waals surface area contributed by atoms with Gasteiger partial charge in [0.05, 0.1) is 12.1 Å². The van der Waals surface area contributed by atoms with Gasteiger partial charge in [-0.05, 0) is 58.2 Å². The molecule has 0 unspecified atom stereocenters. The highest BCUT2D eigenvalue weighted by molar-refractivity contribution is 14.0. The lowest BCUT2D eigenvalue weighted by atomic mass is 9.96. The van der Waals surface area contributed by atoms with Crippen LogP contribution in [0.1, 0.15) is 38.8 Å². The van der Waals surface area contributed by atoms with Crippen molar-refractivity contribution in [3.63, 3.8) is 0 Å². The van der Waals surface area contributed by atoms with E-state index in [1.165, 1.54) is 11.1 Å². The van der Waals surface area contributed by atoms with Crippen LogP contribution in [0.4, 0.5) is 0 Å². The number of amides is 1. The van der Waals surface area contributed by atoms with Crippen molar-refractivity contribution in [1.82, 2.24) is 20.1 Å². The van der Waals surface area contributed by atoms with Gasteiger partial charge in [-0.2, -0.15) is 0 Å². The van der Waals surface area contributed by atoms with Gasteiger partial charge >= 0.3 is 0 Å². The van der Waals surface area contributed by atoms with Crippen LogP contribution in [0, 0.1) is 6.92 Å². The van der Waals surface area contributed by atoms with Gasteiger partial charge in [0.15, 0.2) is 5.96 Å². The average Bonchev–Trinajstić information content (AvgIpc) is 2.51. The second kappa shape index (κ2) is 9.53. The molecule has 2 rings (SSSR count). The minimum atomic E-state index is -0.219. The monoisotopic (exact) mass is 473 g/mol. The summed E-state index contributed by atoms with van der Waals surface area (Å²) in [6.45, 7) is 12.4. The first kappa shape index (κ1) is 22.7. The molecular weight excluding hydrogens is 441 g/mol. The van der Waals surface area contributed by atoms with Crippen LogP contribution >= 0.6 is 24.0 Å². The first-order valence-electron chi connectivity index (χ1n) is 8.93. The number of hydrogen-bond donors (Lipinski definition) is 1. The zero-order valence-corrected chi connectivity index (χ0v) is 19.1. The Kier molecular flexibility index (Phi) is 8.30. The average molecular weight is 473 g/mol. The summed E-state index contributed by atoms with van der Waals surface area (Å²) in [5.41, 5.74) is 2.25. The van der Waals surface area contributed by atoms with Gasteiger partial charge in [-0.1, -0.05) is 0 Å². The Morgan fingerprint density at radius 3 is 2.65 bits per heavy atom. The molecule has 26 heavy (non-hydrogen) atoms. The van der Waals surface area contributed by atoms with E-state index in [4.69, 9.17) is 0 Å². The molecule has 0 radical (unpaired) electrons. The van der Waals surface area contributed by atoms with Crippen molar-refractivity contribution < 1.29 is 4.79 Å². The highest BCUT2D eigenvalue weighted by Crippen LogP contribution is 2.24. The number of aromatic nitrogens is 1. The molecule has 0 aliphatic carbocycles. The van der Waals surface area contributed by atoms with Crippen LogP contribution in [0.25, 0.3) is 0 Å². The molecular formula is C19H32IN5O. The predicted octanol–water partition coefficient (Wildman–Crippen LogP) is 2.46. The van der Waals surface area contributed by atoms with E-state index in [0.717, 1.165) is 25.5 Å². The number of carbonyl (C=O) groups excluding carboxylic acids is 1. The molecule has 1 aromatic rings. The zero-order valence-electron chi connectivity index (χ0n) is 16.7. The zero-order chi connectivity index (χ0) is 18.6. The fourth-order valence-electron chi connectivity index (χ4n) is 3.74. The molecule has 146 valence electrons. The van der Waals surface area contributed by atoms with Gasteiger partial charge in [0.1, 0.15) is 0 Å². The van der Waals surface area contributed by atoms with Gasteiger partial charge in [0.2, 0.25) is 5.91 Å². The fourth-order valence-corrected chi connectivity index (χ4v) is 3.74. The lowest BCUT2D eigenvalue weighted by Gasteiger charge is -2.49. The van der Waals surface area contributed by atoms with Gasteiger partial charge in [-0.3, -0.25) is 14.8 Å². The van der Waals surface area contributed by atoms with Crippen LogP contribution in [0.15, 0.2) is 23.5 Å². The largest absolute Gasteiger partial charge is 0.356 e. The highest BCUT2D eigenvalue weighted by atomic mass is 127. The van der Waals surface area contributed by atoms with Crippen molar-refractivity contribution in [2.75, 3.05) is 26.7 Å². The van der Waals surface area contributed by atoms with E-state index < -0.39 is 0 Å². The van der Waals surface area contributed by atoms with Gasteiger partial charge in [0, 0.05) is 38.6 Å². The molecule has 1 saturated heterocycles. The van der Waals surface area contributed by atoms with Crippen LogP contribution in [-0.4, -0.2) is 64.9 Å². The minimum absolute atomic E-state index is 0. The van der Waals surface area contributed by atoms with E-state index in [-0.39, 0.29) is 41.5 Å². The molecule has 6 nitrogen and oxygen atoms in total. The summed E-state index contributed by atoms with van der Waals surface area (Å²) >= 11 is 0. The second-order valence-corrected chi connectivity index (χ2v) is 7.55. The van der Waals surface area contributed by atoms with Crippen molar-refractivity contribution in [3.8, 4) is 0 Å². The molecule has 1 N–H and O–H groups in total. The number of nitrogens with one attached hydrogen (secondary N) is 1. The Morgan fingerprint density at radius 2 is 2.12 bits per heavy atom. The van der Waals surface area contributed by atoms with Crippen molar-refractivity contribution in [2.45, 2.75) is 52.6 Å². The third-order valence-electron chi connectivity index (χ3n) is 4.67. The van der Waals surface area contributed by atoms with E-state index in [9.17, 15) is 4.79 Å². The molecule has 0 bridgehead atoms. The number of hydrogen-bond acceptors (Lipinski definition) is 3.